The van der Waals surface area contributed by atoms with Crippen molar-refractivity contribution < 1.29 is 9.63 Å². The van der Waals surface area contributed by atoms with E-state index in [1.165, 1.54) is 0 Å². The smallest absolute Gasteiger partial charge is 0.243 e. The molecule has 1 aromatic heterocycles. The third kappa shape index (κ3) is 4.22. The summed E-state index contributed by atoms with van der Waals surface area (Å²) >= 11 is 0. The van der Waals surface area contributed by atoms with Crippen LogP contribution in [-0.2, 0) is 0 Å². The van der Waals surface area contributed by atoms with Gasteiger partial charge in [-0.2, -0.15) is 4.98 Å². The summed E-state index contributed by atoms with van der Waals surface area (Å²) < 4.78 is 5.49. The average Bonchev–Trinajstić information content (AvgIpc) is 3.31. The molecule has 0 bridgehead atoms. The molecule has 3 rings (SSSR count). The fraction of sp³-hybridized carbons (Fsp3) is 0.579. The molecule has 0 saturated heterocycles. The highest BCUT2D eigenvalue weighted by Gasteiger charge is 2.31. The Morgan fingerprint density at radius 1 is 1.17 bits per heavy atom. The Labute approximate surface area is 143 Å². The van der Waals surface area contributed by atoms with Crippen molar-refractivity contribution in [2.45, 2.75) is 51.7 Å². The van der Waals surface area contributed by atoms with E-state index < -0.39 is 6.10 Å². The van der Waals surface area contributed by atoms with Gasteiger partial charge in [-0.15, -0.1) is 0 Å². The Morgan fingerprint density at radius 3 is 2.50 bits per heavy atom. The second-order valence-corrected chi connectivity index (χ2v) is 7.22. The number of benzene rings is 1. The van der Waals surface area contributed by atoms with Crippen LogP contribution in [0.25, 0.3) is 0 Å². The van der Waals surface area contributed by atoms with Crippen molar-refractivity contribution in [2.24, 2.45) is 5.92 Å². The van der Waals surface area contributed by atoms with Gasteiger partial charge >= 0.3 is 0 Å². The molecular formula is C19H27N3O2. The van der Waals surface area contributed by atoms with E-state index in [0.29, 0.717) is 24.3 Å². The number of nitrogens with zero attached hydrogens (tertiary/aromatic N) is 3. The van der Waals surface area contributed by atoms with Gasteiger partial charge in [0.2, 0.25) is 5.89 Å². The van der Waals surface area contributed by atoms with Gasteiger partial charge in [0.1, 0.15) is 0 Å². The zero-order valence-corrected chi connectivity index (χ0v) is 14.7. The van der Waals surface area contributed by atoms with Crippen molar-refractivity contribution in [3.63, 3.8) is 0 Å². The van der Waals surface area contributed by atoms with E-state index in [1.54, 1.807) is 0 Å². The molecule has 1 aliphatic carbocycles. The van der Waals surface area contributed by atoms with Crippen molar-refractivity contribution in [1.82, 2.24) is 15.0 Å². The molecule has 1 aromatic carbocycles. The Morgan fingerprint density at radius 2 is 1.88 bits per heavy atom. The van der Waals surface area contributed by atoms with Gasteiger partial charge in [-0.25, -0.2) is 0 Å². The van der Waals surface area contributed by atoms with Gasteiger partial charge in [-0.05, 0) is 31.2 Å². The molecule has 0 amide bonds. The van der Waals surface area contributed by atoms with E-state index in [1.807, 2.05) is 30.3 Å². The van der Waals surface area contributed by atoms with Crippen LogP contribution < -0.4 is 0 Å². The second kappa shape index (κ2) is 7.45. The Balaban J connectivity index is 1.72. The number of hydrogen-bond donors (Lipinski definition) is 1. The van der Waals surface area contributed by atoms with Crippen LogP contribution in [0.5, 0.6) is 0 Å². The lowest BCUT2D eigenvalue weighted by Gasteiger charge is -2.30. The normalized spacial score (nSPS) is 17.4. The van der Waals surface area contributed by atoms with Crippen LogP contribution in [0.15, 0.2) is 34.9 Å². The summed E-state index contributed by atoms with van der Waals surface area (Å²) in [4.78, 5) is 6.81. The molecule has 0 unspecified atom stereocenters. The summed E-state index contributed by atoms with van der Waals surface area (Å²) in [5.41, 5.74) is 0.933. The molecule has 1 N–H and O–H groups in total. The van der Waals surface area contributed by atoms with E-state index in [2.05, 4.69) is 35.8 Å². The van der Waals surface area contributed by atoms with Gasteiger partial charge in [0.05, 0.1) is 12.1 Å². The summed E-state index contributed by atoms with van der Waals surface area (Å²) in [6.45, 7) is 7.84. The minimum atomic E-state index is -0.529. The van der Waals surface area contributed by atoms with Crippen molar-refractivity contribution in [3.8, 4) is 0 Å². The van der Waals surface area contributed by atoms with Gasteiger partial charge in [-0.1, -0.05) is 49.3 Å². The number of aliphatic hydroxyl groups is 1. The molecular weight excluding hydrogens is 302 g/mol. The Hall–Kier alpha value is -1.72. The number of rotatable bonds is 8. The first-order valence-electron chi connectivity index (χ1n) is 8.85. The van der Waals surface area contributed by atoms with Crippen LogP contribution in [0.3, 0.4) is 0 Å². The van der Waals surface area contributed by atoms with Crippen LogP contribution in [0.2, 0.25) is 0 Å². The molecule has 0 spiro atoms. The van der Waals surface area contributed by atoms with Gasteiger partial charge in [-0.3, -0.25) is 4.90 Å². The molecule has 1 aliphatic rings. The number of hydrogen-bond acceptors (Lipinski definition) is 5. The maximum atomic E-state index is 10.6. The minimum Gasteiger partial charge on any atom is -0.387 e. The molecule has 2 aromatic rings. The fourth-order valence-corrected chi connectivity index (χ4v) is 2.94. The van der Waals surface area contributed by atoms with Crippen LogP contribution in [0.4, 0.5) is 0 Å². The van der Waals surface area contributed by atoms with E-state index in [9.17, 15) is 5.11 Å². The molecule has 1 heterocycles. The first-order chi connectivity index (χ1) is 11.5. The predicted octanol–water partition coefficient (Wildman–Crippen LogP) is 3.70. The van der Waals surface area contributed by atoms with Crippen molar-refractivity contribution in [3.05, 3.63) is 47.6 Å². The molecule has 1 saturated carbocycles. The molecule has 130 valence electrons. The topological polar surface area (TPSA) is 62.4 Å². The zero-order valence-electron chi connectivity index (χ0n) is 14.7. The van der Waals surface area contributed by atoms with E-state index in [-0.39, 0.29) is 6.04 Å². The zero-order chi connectivity index (χ0) is 17.1. The van der Waals surface area contributed by atoms with Crippen molar-refractivity contribution >= 4 is 0 Å². The second-order valence-electron chi connectivity index (χ2n) is 7.22. The largest absolute Gasteiger partial charge is 0.387 e. The van der Waals surface area contributed by atoms with Crippen molar-refractivity contribution in [1.29, 1.82) is 0 Å². The summed E-state index contributed by atoms with van der Waals surface area (Å²) in [5.74, 6) is 2.46. The van der Waals surface area contributed by atoms with Crippen LogP contribution in [-0.4, -0.2) is 33.2 Å². The summed E-state index contributed by atoms with van der Waals surface area (Å²) in [6, 6.07) is 9.78. The highest BCUT2D eigenvalue weighted by molar-refractivity contribution is 5.17. The average molecular weight is 329 g/mol. The van der Waals surface area contributed by atoms with E-state index in [0.717, 1.165) is 30.8 Å². The summed E-state index contributed by atoms with van der Waals surface area (Å²) in [6.07, 6.45) is 1.80. The Bertz CT molecular complexity index is 637. The molecule has 5 nitrogen and oxygen atoms in total. The molecule has 2 atom stereocenters. The van der Waals surface area contributed by atoms with E-state index in [4.69, 9.17) is 4.52 Å². The third-order valence-electron chi connectivity index (χ3n) is 4.50. The summed E-state index contributed by atoms with van der Waals surface area (Å²) in [5, 5.41) is 14.7. The highest BCUT2D eigenvalue weighted by atomic mass is 16.5. The highest BCUT2D eigenvalue weighted by Crippen LogP contribution is 2.38. The standard InChI is InChI=1S/C19H27N3O2/c1-13(2)11-22(12-17(23)15-7-5-4-6-8-15)14(3)19-20-18(21-24-19)16-9-10-16/h4-8,13-14,16-17,23H,9-12H2,1-3H3/t14-,17-/m1/s1. The lowest BCUT2D eigenvalue weighted by atomic mass is 10.1. The van der Waals surface area contributed by atoms with Crippen LogP contribution in [0, 0.1) is 5.92 Å². The lowest BCUT2D eigenvalue weighted by molar-refractivity contribution is 0.0723. The third-order valence-corrected chi connectivity index (χ3v) is 4.50. The Kier molecular flexibility index (Phi) is 5.31. The molecule has 1 fully saturated rings. The first kappa shape index (κ1) is 17.1. The molecule has 24 heavy (non-hydrogen) atoms. The number of aromatic nitrogens is 2. The maximum absolute atomic E-state index is 10.6. The van der Waals surface area contributed by atoms with E-state index >= 15 is 0 Å². The van der Waals surface area contributed by atoms with Crippen LogP contribution in [0.1, 0.15) is 69.0 Å². The molecule has 0 radical (unpaired) electrons. The summed E-state index contributed by atoms with van der Waals surface area (Å²) in [7, 11) is 0. The lowest BCUT2D eigenvalue weighted by Crippen LogP contribution is -2.34. The first-order valence-corrected chi connectivity index (χ1v) is 8.85. The molecule has 5 heteroatoms. The van der Waals surface area contributed by atoms with Gasteiger partial charge in [0.25, 0.3) is 0 Å². The van der Waals surface area contributed by atoms with Crippen molar-refractivity contribution in [2.75, 3.05) is 13.1 Å². The fourth-order valence-electron chi connectivity index (χ4n) is 2.94. The maximum Gasteiger partial charge on any atom is 0.243 e. The van der Waals surface area contributed by atoms with Crippen LogP contribution >= 0.6 is 0 Å². The minimum absolute atomic E-state index is 0.00855. The SMILES string of the molecule is CC(C)CN(C[C@@H](O)c1ccccc1)[C@H](C)c1nc(C2CC2)no1. The quantitative estimate of drug-likeness (QED) is 0.800. The molecule has 0 aliphatic heterocycles. The van der Waals surface area contributed by atoms with Gasteiger partial charge in [0.15, 0.2) is 5.82 Å². The van der Waals surface area contributed by atoms with Gasteiger partial charge in [0, 0.05) is 19.0 Å². The monoisotopic (exact) mass is 329 g/mol. The predicted molar refractivity (Wildman–Crippen MR) is 92.5 cm³/mol. The number of aliphatic hydroxyl groups excluding tert-OH is 1. The van der Waals surface area contributed by atoms with Gasteiger partial charge < -0.3 is 9.63 Å².